The minimum absolute atomic E-state index is 0.00572. The molecule has 0 bridgehead atoms. The molecule has 4 nitrogen and oxygen atoms in total. The number of anilines is 1. The van der Waals surface area contributed by atoms with Crippen LogP contribution in [0.25, 0.3) is 0 Å². The molecule has 0 radical (unpaired) electrons. The fourth-order valence-electron chi connectivity index (χ4n) is 3.28. The largest absolute Gasteiger partial charge is 0.325 e. The molecule has 0 saturated heterocycles. The molecule has 0 aliphatic carbocycles. The highest BCUT2D eigenvalue weighted by molar-refractivity contribution is 5.96. The third-order valence-corrected chi connectivity index (χ3v) is 4.64. The smallest absolute Gasteiger partial charge is 0.238 e. The molecule has 1 amide bonds. The molecule has 0 aliphatic rings. The Morgan fingerprint density at radius 1 is 0.821 bits per heavy atom. The number of nitrogens with one attached hydrogen (secondary N) is 1. The molecular weight excluding hydrogens is 348 g/mol. The Balaban J connectivity index is 1.73. The van der Waals surface area contributed by atoms with Gasteiger partial charge in [-0.1, -0.05) is 60.7 Å². The van der Waals surface area contributed by atoms with Crippen molar-refractivity contribution in [1.82, 2.24) is 4.90 Å². The Morgan fingerprint density at radius 2 is 1.32 bits per heavy atom. The minimum atomic E-state index is -0.102. The van der Waals surface area contributed by atoms with Crippen LogP contribution in [0.15, 0.2) is 84.9 Å². The van der Waals surface area contributed by atoms with Crippen molar-refractivity contribution in [3.63, 3.8) is 0 Å². The molecule has 142 valence electrons. The van der Waals surface area contributed by atoms with Crippen molar-refractivity contribution in [2.45, 2.75) is 13.0 Å². The quantitative estimate of drug-likeness (QED) is 0.619. The van der Waals surface area contributed by atoms with Gasteiger partial charge in [0.1, 0.15) is 0 Å². The maximum absolute atomic E-state index is 12.6. The average Bonchev–Trinajstić information content (AvgIpc) is 2.70. The number of nitrogens with zero attached hydrogens (tertiary/aromatic N) is 1. The van der Waals surface area contributed by atoms with Gasteiger partial charge in [0.05, 0.1) is 12.6 Å². The van der Waals surface area contributed by atoms with Crippen LogP contribution in [-0.4, -0.2) is 30.2 Å². The lowest BCUT2D eigenvalue weighted by Gasteiger charge is -2.28. The van der Waals surface area contributed by atoms with Crippen LogP contribution in [0.5, 0.6) is 0 Å². The number of hydrogen-bond acceptors (Lipinski definition) is 3. The molecule has 0 saturated carbocycles. The van der Waals surface area contributed by atoms with E-state index in [4.69, 9.17) is 0 Å². The number of benzene rings is 3. The SMILES string of the molecule is CC(=O)c1ccc(NC(=O)CN(C)C(c2ccccc2)c2ccccc2)cc1. The second-order valence-electron chi connectivity index (χ2n) is 6.82. The highest BCUT2D eigenvalue weighted by Gasteiger charge is 2.21. The van der Waals surface area contributed by atoms with Gasteiger partial charge in [-0.3, -0.25) is 14.5 Å². The molecule has 0 unspecified atom stereocenters. The molecule has 28 heavy (non-hydrogen) atoms. The summed E-state index contributed by atoms with van der Waals surface area (Å²) >= 11 is 0. The third-order valence-electron chi connectivity index (χ3n) is 4.64. The summed E-state index contributed by atoms with van der Waals surface area (Å²) in [4.78, 5) is 26.0. The van der Waals surface area contributed by atoms with E-state index < -0.39 is 0 Å². The normalized spacial score (nSPS) is 10.9. The van der Waals surface area contributed by atoms with Crippen molar-refractivity contribution in [3.8, 4) is 0 Å². The molecular formula is C24H24N2O2. The van der Waals surface area contributed by atoms with Crippen LogP contribution in [0.4, 0.5) is 5.69 Å². The van der Waals surface area contributed by atoms with Crippen molar-refractivity contribution in [3.05, 3.63) is 102 Å². The van der Waals surface area contributed by atoms with Gasteiger partial charge in [0.15, 0.2) is 5.78 Å². The molecule has 0 aliphatic heterocycles. The first-order chi connectivity index (χ1) is 13.5. The van der Waals surface area contributed by atoms with Gasteiger partial charge in [0.2, 0.25) is 5.91 Å². The van der Waals surface area contributed by atoms with Crippen LogP contribution >= 0.6 is 0 Å². The number of rotatable bonds is 7. The second kappa shape index (κ2) is 9.11. The van der Waals surface area contributed by atoms with E-state index in [9.17, 15) is 9.59 Å². The molecule has 0 aromatic heterocycles. The van der Waals surface area contributed by atoms with Crippen LogP contribution in [0.2, 0.25) is 0 Å². The number of ketones is 1. The van der Waals surface area contributed by atoms with Crippen LogP contribution in [-0.2, 0) is 4.79 Å². The maximum atomic E-state index is 12.6. The van der Waals surface area contributed by atoms with Gasteiger partial charge in [0.25, 0.3) is 0 Å². The fourth-order valence-corrected chi connectivity index (χ4v) is 3.28. The summed E-state index contributed by atoms with van der Waals surface area (Å²) < 4.78 is 0. The Hall–Kier alpha value is -3.24. The number of Topliss-reactive ketones (excluding diaryl/α,β-unsaturated/α-hetero) is 1. The zero-order valence-electron chi connectivity index (χ0n) is 16.1. The van der Waals surface area contributed by atoms with E-state index in [1.165, 1.54) is 6.92 Å². The van der Waals surface area contributed by atoms with Crippen molar-refractivity contribution < 1.29 is 9.59 Å². The summed E-state index contributed by atoms with van der Waals surface area (Å²) in [5.41, 5.74) is 3.58. The van der Waals surface area contributed by atoms with E-state index in [-0.39, 0.29) is 24.3 Å². The van der Waals surface area contributed by atoms with Crippen molar-refractivity contribution in [2.24, 2.45) is 0 Å². The van der Waals surface area contributed by atoms with Gasteiger partial charge in [0, 0.05) is 11.3 Å². The Labute approximate surface area is 165 Å². The van der Waals surface area contributed by atoms with E-state index in [0.717, 1.165) is 11.1 Å². The van der Waals surface area contributed by atoms with Gasteiger partial charge < -0.3 is 5.32 Å². The lowest BCUT2D eigenvalue weighted by atomic mass is 9.97. The van der Waals surface area contributed by atoms with E-state index in [2.05, 4.69) is 29.6 Å². The summed E-state index contributed by atoms with van der Waals surface area (Å²) in [5.74, 6) is -0.0962. The molecule has 4 heteroatoms. The predicted molar refractivity (Wildman–Crippen MR) is 112 cm³/mol. The monoisotopic (exact) mass is 372 g/mol. The summed E-state index contributed by atoms with van der Waals surface area (Å²) in [6.07, 6.45) is 0. The number of carbonyl (C=O) groups excluding carboxylic acids is 2. The van der Waals surface area contributed by atoms with Crippen LogP contribution in [0.1, 0.15) is 34.5 Å². The molecule has 1 N–H and O–H groups in total. The molecule has 0 fully saturated rings. The molecule has 0 heterocycles. The Bertz CT molecular complexity index is 882. The van der Waals surface area contributed by atoms with Gasteiger partial charge in [-0.15, -0.1) is 0 Å². The first-order valence-electron chi connectivity index (χ1n) is 9.25. The predicted octanol–water partition coefficient (Wildman–Crippen LogP) is 4.55. The summed E-state index contributed by atoms with van der Waals surface area (Å²) in [5, 5.41) is 2.90. The van der Waals surface area contributed by atoms with Crippen molar-refractivity contribution >= 4 is 17.4 Å². The zero-order valence-corrected chi connectivity index (χ0v) is 16.1. The van der Waals surface area contributed by atoms with Gasteiger partial charge >= 0.3 is 0 Å². The van der Waals surface area contributed by atoms with Gasteiger partial charge in [-0.25, -0.2) is 0 Å². The van der Waals surface area contributed by atoms with E-state index >= 15 is 0 Å². The topological polar surface area (TPSA) is 49.4 Å². The van der Waals surface area contributed by atoms with Gasteiger partial charge in [-0.2, -0.15) is 0 Å². The van der Waals surface area contributed by atoms with Crippen molar-refractivity contribution in [2.75, 3.05) is 18.9 Å². The average molecular weight is 372 g/mol. The van der Waals surface area contributed by atoms with E-state index in [0.29, 0.717) is 11.3 Å². The number of hydrogen-bond donors (Lipinski definition) is 1. The molecule has 3 aromatic carbocycles. The highest BCUT2D eigenvalue weighted by atomic mass is 16.2. The van der Waals surface area contributed by atoms with Crippen LogP contribution in [0.3, 0.4) is 0 Å². The lowest BCUT2D eigenvalue weighted by molar-refractivity contribution is -0.117. The summed E-state index contributed by atoms with van der Waals surface area (Å²) in [7, 11) is 1.95. The first kappa shape index (κ1) is 19.5. The molecule has 3 aromatic rings. The van der Waals surface area contributed by atoms with E-state index in [1.54, 1.807) is 24.3 Å². The molecule has 0 atom stereocenters. The lowest BCUT2D eigenvalue weighted by Crippen LogP contribution is -2.33. The number of amides is 1. The zero-order chi connectivity index (χ0) is 19.9. The summed E-state index contributed by atoms with van der Waals surface area (Å²) in [6, 6.07) is 27.2. The molecule has 3 rings (SSSR count). The highest BCUT2D eigenvalue weighted by Crippen LogP contribution is 2.27. The number of carbonyl (C=O) groups is 2. The standard InChI is InChI=1S/C24H24N2O2/c1-18(27)19-13-15-22(16-14-19)25-23(28)17-26(2)24(20-9-5-3-6-10-20)21-11-7-4-8-12-21/h3-16,24H,17H2,1-2H3,(H,25,28). The minimum Gasteiger partial charge on any atom is -0.325 e. The first-order valence-corrected chi connectivity index (χ1v) is 9.25. The van der Waals surface area contributed by atoms with Gasteiger partial charge in [-0.05, 0) is 49.4 Å². The Kier molecular flexibility index (Phi) is 6.35. The van der Waals surface area contributed by atoms with E-state index in [1.807, 2.05) is 48.3 Å². The Morgan fingerprint density at radius 3 is 1.79 bits per heavy atom. The number of likely N-dealkylation sites (N-methyl/N-ethyl adjacent to an activating group) is 1. The molecule has 0 spiro atoms. The third kappa shape index (κ3) is 4.93. The van der Waals surface area contributed by atoms with Crippen LogP contribution in [0, 0.1) is 0 Å². The second-order valence-corrected chi connectivity index (χ2v) is 6.82. The fraction of sp³-hybridized carbons (Fsp3) is 0.167. The van der Waals surface area contributed by atoms with Crippen molar-refractivity contribution in [1.29, 1.82) is 0 Å². The summed E-state index contributed by atoms with van der Waals surface area (Å²) in [6.45, 7) is 1.76. The maximum Gasteiger partial charge on any atom is 0.238 e. The van der Waals surface area contributed by atoms with Crippen LogP contribution < -0.4 is 5.32 Å².